The highest BCUT2D eigenvalue weighted by atomic mass is 79.9. The highest BCUT2D eigenvalue weighted by Crippen LogP contribution is 2.36. The minimum absolute atomic E-state index is 0.0145. The van der Waals surface area contributed by atoms with Gasteiger partial charge in [-0.05, 0) is 30.3 Å². The molecule has 0 aliphatic heterocycles. The third-order valence-electron chi connectivity index (χ3n) is 2.73. The minimum Gasteiger partial charge on any atom is -0.289 e. The molecule has 0 spiro atoms. The van der Waals surface area contributed by atoms with Crippen LogP contribution in [-0.4, -0.2) is 5.78 Å². The molecule has 0 N–H and O–H groups in total. The van der Waals surface area contributed by atoms with Gasteiger partial charge >= 0.3 is 6.18 Å². The monoisotopic (exact) mass is 396 g/mol. The van der Waals surface area contributed by atoms with E-state index in [1.165, 1.54) is 30.3 Å². The number of benzene rings is 2. The zero-order chi connectivity index (χ0) is 15.8. The van der Waals surface area contributed by atoms with Crippen LogP contribution in [0.1, 0.15) is 21.5 Å². The normalized spacial score (nSPS) is 11.5. The van der Waals surface area contributed by atoms with Crippen LogP contribution in [0.5, 0.6) is 0 Å². The van der Waals surface area contributed by atoms with Crippen LogP contribution in [0.2, 0.25) is 10.0 Å². The van der Waals surface area contributed by atoms with E-state index in [4.69, 9.17) is 23.2 Å². The fourth-order valence-corrected chi connectivity index (χ4v) is 2.58. The highest BCUT2D eigenvalue weighted by Gasteiger charge is 2.33. The van der Waals surface area contributed by atoms with Crippen LogP contribution >= 0.6 is 39.1 Å². The summed E-state index contributed by atoms with van der Waals surface area (Å²) in [4.78, 5) is 12.3. The molecule has 0 amide bonds. The Kier molecular flexibility index (Phi) is 4.66. The summed E-state index contributed by atoms with van der Waals surface area (Å²) in [6.45, 7) is 0. The Labute approximate surface area is 136 Å². The SMILES string of the molecule is O=C(c1ccc(Br)c(C(F)(F)F)c1)c1cccc(Cl)c1Cl. The number of halogens is 6. The van der Waals surface area contributed by atoms with Gasteiger partial charge in [0, 0.05) is 15.6 Å². The number of alkyl halides is 3. The van der Waals surface area contributed by atoms with Gasteiger partial charge in [0.15, 0.2) is 5.78 Å². The standard InChI is InChI=1S/C14H6BrCl2F3O/c15-10-5-4-7(6-9(10)14(18,19)20)13(21)8-2-1-3-11(16)12(8)17/h1-6H. The van der Waals surface area contributed by atoms with Crippen molar-refractivity contribution in [3.63, 3.8) is 0 Å². The molecule has 0 saturated carbocycles. The molecule has 0 unspecified atom stereocenters. The summed E-state index contributed by atoms with van der Waals surface area (Å²) in [5, 5.41) is 0.177. The molecule has 0 aliphatic carbocycles. The third kappa shape index (κ3) is 3.42. The summed E-state index contributed by atoms with van der Waals surface area (Å²) in [7, 11) is 0. The molecule has 0 radical (unpaired) electrons. The molecule has 2 rings (SSSR count). The molecular formula is C14H6BrCl2F3O. The maximum Gasteiger partial charge on any atom is 0.417 e. The van der Waals surface area contributed by atoms with Crippen molar-refractivity contribution < 1.29 is 18.0 Å². The van der Waals surface area contributed by atoms with Gasteiger partial charge in [-0.2, -0.15) is 13.2 Å². The third-order valence-corrected chi connectivity index (χ3v) is 4.24. The van der Waals surface area contributed by atoms with Crippen LogP contribution in [-0.2, 0) is 6.18 Å². The van der Waals surface area contributed by atoms with Crippen LogP contribution in [0.3, 0.4) is 0 Å². The van der Waals surface area contributed by atoms with Crippen LogP contribution in [0.4, 0.5) is 13.2 Å². The van der Waals surface area contributed by atoms with Crippen molar-refractivity contribution in [1.82, 2.24) is 0 Å². The van der Waals surface area contributed by atoms with Gasteiger partial charge in [0.25, 0.3) is 0 Å². The summed E-state index contributed by atoms with van der Waals surface area (Å²) in [6, 6.07) is 7.65. The van der Waals surface area contributed by atoms with E-state index in [-0.39, 0.29) is 25.6 Å². The predicted molar refractivity (Wildman–Crippen MR) is 79.0 cm³/mol. The summed E-state index contributed by atoms with van der Waals surface area (Å²) >= 11 is 14.5. The van der Waals surface area contributed by atoms with Crippen molar-refractivity contribution >= 4 is 44.9 Å². The molecular weight excluding hydrogens is 392 g/mol. The molecule has 0 bridgehead atoms. The van der Waals surface area contributed by atoms with E-state index in [2.05, 4.69) is 15.9 Å². The molecule has 0 aliphatic rings. The fourth-order valence-electron chi connectivity index (χ4n) is 1.72. The second-order valence-electron chi connectivity index (χ2n) is 4.12. The lowest BCUT2D eigenvalue weighted by atomic mass is 10.0. The van der Waals surface area contributed by atoms with Crippen LogP contribution < -0.4 is 0 Å². The van der Waals surface area contributed by atoms with Crippen molar-refractivity contribution in [2.75, 3.05) is 0 Å². The Balaban J connectivity index is 2.52. The summed E-state index contributed by atoms with van der Waals surface area (Å²) < 4.78 is 38.4. The second-order valence-corrected chi connectivity index (χ2v) is 5.76. The largest absolute Gasteiger partial charge is 0.417 e. The lowest BCUT2D eigenvalue weighted by Gasteiger charge is -2.11. The van der Waals surface area contributed by atoms with Crippen molar-refractivity contribution in [3.8, 4) is 0 Å². The zero-order valence-electron chi connectivity index (χ0n) is 10.1. The molecule has 0 heterocycles. The molecule has 0 atom stereocenters. The maximum atomic E-state index is 12.8. The van der Waals surface area contributed by atoms with E-state index in [9.17, 15) is 18.0 Å². The van der Waals surface area contributed by atoms with Gasteiger partial charge in [0.2, 0.25) is 0 Å². The Morgan fingerprint density at radius 3 is 2.38 bits per heavy atom. The summed E-state index contributed by atoms with van der Waals surface area (Å²) in [6.07, 6.45) is -4.56. The topological polar surface area (TPSA) is 17.1 Å². The summed E-state index contributed by atoms with van der Waals surface area (Å²) in [5.74, 6) is -0.625. The molecule has 2 aromatic carbocycles. The predicted octanol–water partition coefficient (Wildman–Crippen LogP) is 6.01. The van der Waals surface area contributed by atoms with Gasteiger partial charge in [-0.1, -0.05) is 45.2 Å². The smallest absolute Gasteiger partial charge is 0.289 e. The van der Waals surface area contributed by atoms with Crippen LogP contribution in [0.25, 0.3) is 0 Å². The number of ketones is 1. The van der Waals surface area contributed by atoms with Crippen molar-refractivity contribution in [3.05, 3.63) is 67.6 Å². The first-order valence-electron chi connectivity index (χ1n) is 5.57. The fraction of sp³-hybridized carbons (Fsp3) is 0.0714. The van der Waals surface area contributed by atoms with E-state index in [0.29, 0.717) is 0 Å². The first-order valence-corrected chi connectivity index (χ1v) is 7.12. The Hall–Kier alpha value is -1.04. The Morgan fingerprint density at radius 2 is 1.76 bits per heavy atom. The number of carbonyl (C=O) groups is 1. The number of carbonyl (C=O) groups excluding carboxylic acids is 1. The second kappa shape index (κ2) is 5.99. The number of hydrogen-bond donors (Lipinski definition) is 0. The Bertz CT molecular complexity index is 714. The quantitative estimate of drug-likeness (QED) is 0.567. The van der Waals surface area contributed by atoms with E-state index in [1.54, 1.807) is 0 Å². The van der Waals surface area contributed by atoms with Crippen molar-refractivity contribution in [2.45, 2.75) is 6.18 Å². The van der Waals surface area contributed by atoms with Gasteiger partial charge in [0.1, 0.15) is 0 Å². The Morgan fingerprint density at radius 1 is 1.10 bits per heavy atom. The van der Waals surface area contributed by atoms with Gasteiger partial charge in [-0.15, -0.1) is 0 Å². The van der Waals surface area contributed by atoms with Gasteiger partial charge in [0.05, 0.1) is 15.6 Å². The van der Waals surface area contributed by atoms with Gasteiger partial charge in [-0.3, -0.25) is 4.79 Å². The van der Waals surface area contributed by atoms with Gasteiger partial charge < -0.3 is 0 Å². The molecule has 0 saturated heterocycles. The average Bonchev–Trinajstić information content (AvgIpc) is 2.40. The maximum absolute atomic E-state index is 12.8. The molecule has 110 valence electrons. The molecule has 21 heavy (non-hydrogen) atoms. The first-order chi connectivity index (χ1) is 9.71. The lowest BCUT2D eigenvalue weighted by molar-refractivity contribution is -0.138. The average molecular weight is 398 g/mol. The van der Waals surface area contributed by atoms with Gasteiger partial charge in [-0.25, -0.2) is 0 Å². The van der Waals surface area contributed by atoms with Crippen LogP contribution in [0, 0.1) is 0 Å². The van der Waals surface area contributed by atoms with Crippen molar-refractivity contribution in [2.24, 2.45) is 0 Å². The lowest BCUT2D eigenvalue weighted by Crippen LogP contribution is -2.09. The molecule has 1 nitrogen and oxygen atoms in total. The first kappa shape index (κ1) is 16.3. The van der Waals surface area contributed by atoms with E-state index >= 15 is 0 Å². The number of hydrogen-bond acceptors (Lipinski definition) is 1. The number of rotatable bonds is 2. The molecule has 0 fully saturated rings. The molecule has 7 heteroatoms. The highest BCUT2D eigenvalue weighted by molar-refractivity contribution is 9.10. The van der Waals surface area contributed by atoms with Crippen LogP contribution in [0.15, 0.2) is 40.9 Å². The minimum atomic E-state index is -4.56. The van der Waals surface area contributed by atoms with E-state index in [0.717, 1.165) is 6.07 Å². The van der Waals surface area contributed by atoms with E-state index in [1.807, 2.05) is 0 Å². The van der Waals surface area contributed by atoms with E-state index < -0.39 is 17.5 Å². The molecule has 0 aromatic heterocycles. The summed E-state index contributed by atoms with van der Waals surface area (Å²) in [5.41, 5.74) is -0.985. The molecule has 2 aromatic rings. The van der Waals surface area contributed by atoms with Crippen molar-refractivity contribution in [1.29, 1.82) is 0 Å². The zero-order valence-corrected chi connectivity index (χ0v) is 13.2.